The molecule has 1 saturated heterocycles. The Kier molecular flexibility index (Phi) is 13.7. The van der Waals surface area contributed by atoms with Crippen LogP contribution in [0.5, 0.6) is 0 Å². The average molecular weight is 495 g/mol. The molecule has 0 unspecified atom stereocenters. The Labute approximate surface area is 182 Å². The van der Waals surface area contributed by atoms with Gasteiger partial charge in [0, 0.05) is 46.3 Å². The number of rotatable bonds is 9. The van der Waals surface area contributed by atoms with Crippen LogP contribution in [0.2, 0.25) is 0 Å². The molecule has 0 aliphatic carbocycles. The molecule has 0 spiro atoms. The van der Waals surface area contributed by atoms with Gasteiger partial charge in [-0.1, -0.05) is 12.2 Å². The van der Waals surface area contributed by atoms with Gasteiger partial charge in [-0.3, -0.25) is 4.79 Å². The van der Waals surface area contributed by atoms with Crippen molar-refractivity contribution >= 4 is 35.8 Å². The van der Waals surface area contributed by atoms with Crippen molar-refractivity contribution < 1.29 is 9.53 Å². The second-order valence-electron chi connectivity index (χ2n) is 7.44. The molecule has 1 aliphatic heterocycles. The highest BCUT2D eigenvalue weighted by molar-refractivity contribution is 14.0. The van der Waals surface area contributed by atoms with Gasteiger partial charge in [-0.2, -0.15) is 0 Å². The van der Waals surface area contributed by atoms with Crippen LogP contribution in [-0.4, -0.2) is 87.2 Å². The standard InChI is InChI=1S/C19H37N5O2.HI/c1-15(2)13-20-19(21-14-18(25)23(5)6)22-17-7-9-24(10-8-17)11-12-26-16(3)4;/h16-17H,1,7-14H2,2-6H3,(H2,20,21,22);1H. The first kappa shape index (κ1) is 26.1. The number of carbonyl (C=O) groups is 1. The number of aliphatic imine (C=N–C) groups is 1. The maximum absolute atomic E-state index is 11.8. The van der Waals surface area contributed by atoms with E-state index < -0.39 is 0 Å². The van der Waals surface area contributed by atoms with E-state index in [2.05, 4.69) is 41.0 Å². The minimum absolute atomic E-state index is 0. The topological polar surface area (TPSA) is 69.2 Å². The summed E-state index contributed by atoms with van der Waals surface area (Å²) in [7, 11) is 3.48. The predicted octanol–water partition coefficient (Wildman–Crippen LogP) is 1.69. The van der Waals surface area contributed by atoms with Gasteiger partial charge in [-0.25, -0.2) is 4.99 Å². The number of carbonyl (C=O) groups excluding carboxylic acids is 1. The minimum Gasteiger partial charge on any atom is -0.377 e. The third-order valence-electron chi connectivity index (χ3n) is 4.22. The summed E-state index contributed by atoms with van der Waals surface area (Å²) in [6.45, 7) is 14.7. The lowest BCUT2D eigenvalue weighted by molar-refractivity contribution is -0.127. The third kappa shape index (κ3) is 12.2. The molecule has 7 nitrogen and oxygen atoms in total. The summed E-state index contributed by atoms with van der Waals surface area (Å²) < 4.78 is 5.63. The zero-order valence-corrected chi connectivity index (χ0v) is 19.9. The van der Waals surface area contributed by atoms with E-state index in [0.29, 0.717) is 18.5 Å². The van der Waals surface area contributed by atoms with Crippen LogP contribution in [0.15, 0.2) is 17.1 Å². The van der Waals surface area contributed by atoms with Crippen LogP contribution < -0.4 is 10.6 Å². The fourth-order valence-corrected chi connectivity index (χ4v) is 2.59. The highest BCUT2D eigenvalue weighted by Crippen LogP contribution is 2.10. The number of hydrogen-bond acceptors (Lipinski definition) is 4. The minimum atomic E-state index is -0.0126. The lowest BCUT2D eigenvalue weighted by atomic mass is 10.1. The van der Waals surface area contributed by atoms with Gasteiger partial charge in [0.05, 0.1) is 12.7 Å². The summed E-state index contributed by atoms with van der Waals surface area (Å²) in [6, 6.07) is 0.364. The zero-order chi connectivity index (χ0) is 19.5. The molecule has 0 bridgehead atoms. The van der Waals surface area contributed by atoms with Crippen molar-refractivity contribution in [2.45, 2.75) is 45.8 Å². The Morgan fingerprint density at radius 1 is 1.33 bits per heavy atom. The smallest absolute Gasteiger partial charge is 0.243 e. The number of halogens is 1. The Balaban J connectivity index is 0.00000676. The number of ether oxygens (including phenoxy) is 1. The Bertz CT molecular complexity index is 475. The number of guanidine groups is 1. The van der Waals surface area contributed by atoms with Crippen molar-refractivity contribution in [3.05, 3.63) is 12.2 Å². The van der Waals surface area contributed by atoms with Crippen LogP contribution in [0.3, 0.4) is 0 Å². The molecule has 8 heteroatoms. The molecule has 1 fully saturated rings. The molecule has 0 aromatic heterocycles. The molecule has 0 saturated carbocycles. The second kappa shape index (κ2) is 14.2. The summed E-state index contributed by atoms with van der Waals surface area (Å²) in [5.41, 5.74) is 1.03. The molecular weight excluding hydrogens is 457 g/mol. The monoisotopic (exact) mass is 495 g/mol. The highest BCUT2D eigenvalue weighted by atomic mass is 127. The van der Waals surface area contributed by atoms with Crippen molar-refractivity contribution in [2.24, 2.45) is 4.99 Å². The van der Waals surface area contributed by atoms with Crippen LogP contribution >= 0.6 is 24.0 Å². The molecule has 27 heavy (non-hydrogen) atoms. The zero-order valence-electron chi connectivity index (χ0n) is 17.6. The normalized spacial score (nSPS) is 16.0. The number of nitrogens with zero attached hydrogens (tertiary/aromatic N) is 3. The van der Waals surface area contributed by atoms with Crippen LogP contribution in [0.25, 0.3) is 0 Å². The number of nitrogens with one attached hydrogen (secondary N) is 2. The van der Waals surface area contributed by atoms with Gasteiger partial charge in [-0.15, -0.1) is 24.0 Å². The van der Waals surface area contributed by atoms with Crippen molar-refractivity contribution in [3.8, 4) is 0 Å². The molecule has 158 valence electrons. The molecule has 1 heterocycles. The van der Waals surface area contributed by atoms with Crippen molar-refractivity contribution in [3.63, 3.8) is 0 Å². The summed E-state index contributed by atoms with van der Waals surface area (Å²) in [6.07, 6.45) is 2.39. The lowest BCUT2D eigenvalue weighted by Gasteiger charge is -2.33. The highest BCUT2D eigenvalue weighted by Gasteiger charge is 2.20. The lowest BCUT2D eigenvalue weighted by Crippen LogP contribution is -2.49. The number of piperidine rings is 1. The number of likely N-dealkylation sites (N-methyl/N-ethyl adjacent to an activating group) is 1. The molecule has 0 atom stereocenters. The summed E-state index contributed by atoms with van der Waals surface area (Å²) in [4.78, 5) is 20.2. The first-order chi connectivity index (χ1) is 12.3. The molecule has 1 aliphatic rings. The molecule has 0 radical (unpaired) electrons. The number of hydrogen-bond donors (Lipinski definition) is 2. The quantitative estimate of drug-likeness (QED) is 0.221. The summed E-state index contributed by atoms with van der Waals surface area (Å²) in [5.74, 6) is 0.672. The molecule has 1 rings (SSSR count). The van der Waals surface area contributed by atoms with E-state index in [1.165, 1.54) is 0 Å². The fourth-order valence-electron chi connectivity index (χ4n) is 2.59. The van der Waals surface area contributed by atoms with E-state index in [-0.39, 0.29) is 42.5 Å². The van der Waals surface area contributed by atoms with Crippen LogP contribution in [0, 0.1) is 0 Å². The van der Waals surface area contributed by atoms with Crippen molar-refractivity contribution in [2.75, 3.05) is 53.4 Å². The van der Waals surface area contributed by atoms with Crippen LogP contribution in [0.1, 0.15) is 33.6 Å². The Hall–Kier alpha value is -0.870. The molecule has 0 aromatic carbocycles. The molecule has 0 aromatic rings. The molecule has 2 N–H and O–H groups in total. The Morgan fingerprint density at radius 3 is 2.48 bits per heavy atom. The number of likely N-dealkylation sites (tertiary alicyclic amines) is 1. The van der Waals surface area contributed by atoms with Gasteiger partial charge < -0.3 is 25.2 Å². The first-order valence-electron chi connectivity index (χ1n) is 9.51. The average Bonchev–Trinajstić information content (AvgIpc) is 2.57. The predicted molar refractivity (Wildman–Crippen MR) is 123 cm³/mol. The SMILES string of the molecule is C=C(C)CNC(=NCC(=O)N(C)C)NC1CCN(CCOC(C)C)CC1.I. The summed E-state index contributed by atoms with van der Waals surface area (Å²) >= 11 is 0. The number of amides is 1. The van der Waals surface area contributed by atoms with Gasteiger partial charge in [-0.05, 0) is 33.6 Å². The van der Waals surface area contributed by atoms with Crippen LogP contribution in [0.4, 0.5) is 0 Å². The third-order valence-corrected chi connectivity index (χ3v) is 4.22. The van der Waals surface area contributed by atoms with Gasteiger partial charge in [0.15, 0.2) is 5.96 Å². The first-order valence-corrected chi connectivity index (χ1v) is 9.51. The van der Waals surface area contributed by atoms with Gasteiger partial charge in [0.1, 0.15) is 6.54 Å². The largest absolute Gasteiger partial charge is 0.377 e. The maximum Gasteiger partial charge on any atom is 0.243 e. The maximum atomic E-state index is 11.8. The molecule has 1 amide bonds. The van der Waals surface area contributed by atoms with E-state index >= 15 is 0 Å². The fraction of sp³-hybridized carbons (Fsp3) is 0.789. The van der Waals surface area contributed by atoms with Gasteiger partial charge in [0.2, 0.25) is 5.91 Å². The van der Waals surface area contributed by atoms with Gasteiger partial charge >= 0.3 is 0 Å². The molecular formula is C19H38IN5O2. The van der Waals surface area contributed by atoms with E-state index in [4.69, 9.17) is 4.74 Å². The van der Waals surface area contributed by atoms with Crippen molar-refractivity contribution in [1.29, 1.82) is 0 Å². The van der Waals surface area contributed by atoms with E-state index in [0.717, 1.165) is 44.7 Å². The van der Waals surface area contributed by atoms with Crippen LogP contribution in [-0.2, 0) is 9.53 Å². The van der Waals surface area contributed by atoms with Crippen molar-refractivity contribution in [1.82, 2.24) is 20.4 Å². The van der Waals surface area contributed by atoms with E-state index in [1.807, 2.05) is 6.92 Å². The second-order valence-corrected chi connectivity index (χ2v) is 7.44. The van der Waals surface area contributed by atoms with E-state index in [9.17, 15) is 4.79 Å². The van der Waals surface area contributed by atoms with Gasteiger partial charge in [0.25, 0.3) is 0 Å². The summed E-state index contributed by atoms with van der Waals surface area (Å²) in [5, 5.41) is 6.72. The van der Waals surface area contributed by atoms with E-state index in [1.54, 1.807) is 19.0 Å². The Morgan fingerprint density at radius 2 is 1.96 bits per heavy atom.